The van der Waals surface area contributed by atoms with Crippen LogP contribution in [0.1, 0.15) is 28.4 Å². The molecular formula is C16H17N3O2. The summed E-state index contributed by atoms with van der Waals surface area (Å²) in [7, 11) is 0. The van der Waals surface area contributed by atoms with Crippen LogP contribution in [0.15, 0.2) is 53.7 Å². The quantitative estimate of drug-likeness (QED) is 0.349. The molecule has 0 unspecified atom stereocenters. The molecule has 0 radical (unpaired) electrons. The van der Waals surface area contributed by atoms with Crippen LogP contribution in [0.2, 0.25) is 0 Å². The first-order chi connectivity index (χ1) is 10.1. The Balaban J connectivity index is 2.20. The molecule has 0 aliphatic heterocycles. The van der Waals surface area contributed by atoms with Crippen molar-refractivity contribution in [2.75, 3.05) is 5.32 Å². The molecule has 0 saturated heterocycles. The summed E-state index contributed by atoms with van der Waals surface area (Å²) in [6.45, 7) is 2.06. The molecule has 0 aromatic heterocycles. The number of anilines is 1. The zero-order valence-corrected chi connectivity index (χ0v) is 11.7. The predicted octanol–water partition coefficient (Wildman–Crippen LogP) is 2.60. The number of nitrogens with two attached hydrogens (primary N) is 1. The lowest BCUT2D eigenvalue weighted by molar-refractivity contribution is 0.102. The molecule has 2 aromatic rings. The first kappa shape index (κ1) is 14.6. The Morgan fingerprint density at radius 3 is 2.62 bits per heavy atom. The predicted molar refractivity (Wildman–Crippen MR) is 82.7 cm³/mol. The Kier molecular flexibility index (Phi) is 4.56. The van der Waals surface area contributed by atoms with Crippen molar-refractivity contribution in [1.82, 2.24) is 0 Å². The number of hydrogen-bond donors (Lipinski definition) is 3. The molecule has 0 aliphatic rings. The van der Waals surface area contributed by atoms with Gasteiger partial charge >= 0.3 is 0 Å². The van der Waals surface area contributed by atoms with Crippen LogP contribution >= 0.6 is 0 Å². The molecule has 2 rings (SSSR count). The zero-order chi connectivity index (χ0) is 15.2. The maximum atomic E-state index is 12.2. The number of amides is 1. The lowest BCUT2D eigenvalue weighted by atomic mass is 10.1. The molecule has 0 fully saturated rings. The Morgan fingerprint density at radius 2 is 1.90 bits per heavy atom. The average Bonchev–Trinajstić information content (AvgIpc) is 2.54. The smallest absolute Gasteiger partial charge is 0.255 e. The minimum absolute atomic E-state index is 0.0300. The standard InChI is InChI=1S/C16H17N3O2/c1-2-11-5-3-8-14(9-11)18-16(20)13-7-4-6-12(10-13)15(17)19-21/h3-10,21H,2H2,1H3,(H2,17,19)(H,18,20). The molecule has 1 amide bonds. The monoisotopic (exact) mass is 283 g/mol. The third kappa shape index (κ3) is 3.60. The van der Waals surface area contributed by atoms with Gasteiger partial charge in [-0.25, -0.2) is 0 Å². The second kappa shape index (κ2) is 6.56. The van der Waals surface area contributed by atoms with Crippen LogP contribution in [0.25, 0.3) is 0 Å². The highest BCUT2D eigenvalue weighted by molar-refractivity contribution is 6.06. The average molecular weight is 283 g/mol. The van der Waals surface area contributed by atoms with Crippen LogP contribution in [0, 0.1) is 0 Å². The van der Waals surface area contributed by atoms with Gasteiger partial charge in [0.2, 0.25) is 0 Å². The SMILES string of the molecule is CCc1cccc(NC(=O)c2cccc(/C(N)=N/O)c2)c1. The zero-order valence-electron chi connectivity index (χ0n) is 11.7. The van der Waals surface area contributed by atoms with E-state index in [-0.39, 0.29) is 11.7 Å². The van der Waals surface area contributed by atoms with E-state index < -0.39 is 0 Å². The van der Waals surface area contributed by atoms with E-state index in [4.69, 9.17) is 10.9 Å². The number of hydrogen-bond acceptors (Lipinski definition) is 3. The number of amidine groups is 1. The number of nitrogens with one attached hydrogen (secondary N) is 1. The van der Waals surface area contributed by atoms with Gasteiger partial charge in [0.1, 0.15) is 0 Å². The highest BCUT2D eigenvalue weighted by Crippen LogP contribution is 2.13. The van der Waals surface area contributed by atoms with Crippen LogP contribution in [0.5, 0.6) is 0 Å². The number of oxime groups is 1. The molecule has 0 saturated carbocycles. The Labute approximate surface area is 123 Å². The second-order valence-electron chi connectivity index (χ2n) is 4.57. The molecule has 5 heteroatoms. The van der Waals surface area contributed by atoms with Crippen molar-refractivity contribution in [1.29, 1.82) is 0 Å². The summed E-state index contributed by atoms with van der Waals surface area (Å²) in [5.74, 6) is -0.270. The summed E-state index contributed by atoms with van der Waals surface area (Å²) in [5.41, 5.74) is 8.36. The van der Waals surface area contributed by atoms with E-state index in [0.717, 1.165) is 17.7 Å². The molecular weight excluding hydrogens is 266 g/mol. The van der Waals surface area contributed by atoms with E-state index in [1.54, 1.807) is 24.3 Å². The van der Waals surface area contributed by atoms with Crippen LogP contribution in [-0.2, 0) is 6.42 Å². The molecule has 21 heavy (non-hydrogen) atoms. The van der Waals surface area contributed by atoms with E-state index in [1.807, 2.05) is 24.3 Å². The van der Waals surface area contributed by atoms with E-state index >= 15 is 0 Å². The Hall–Kier alpha value is -2.82. The third-order valence-corrected chi connectivity index (χ3v) is 3.12. The van der Waals surface area contributed by atoms with Crippen molar-refractivity contribution in [3.05, 3.63) is 65.2 Å². The summed E-state index contributed by atoms with van der Waals surface area (Å²) in [6, 6.07) is 14.3. The number of rotatable bonds is 4. The van der Waals surface area contributed by atoms with Gasteiger partial charge in [-0.1, -0.05) is 36.3 Å². The van der Waals surface area contributed by atoms with Crippen molar-refractivity contribution in [3.8, 4) is 0 Å². The Morgan fingerprint density at radius 1 is 1.19 bits per heavy atom. The maximum absolute atomic E-state index is 12.2. The fourth-order valence-corrected chi connectivity index (χ4v) is 1.95. The summed E-state index contributed by atoms with van der Waals surface area (Å²) < 4.78 is 0. The molecule has 2 aromatic carbocycles. The van der Waals surface area contributed by atoms with Gasteiger partial charge in [0, 0.05) is 16.8 Å². The summed E-state index contributed by atoms with van der Waals surface area (Å²) in [4.78, 5) is 12.2. The molecule has 0 atom stereocenters. The normalized spacial score (nSPS) is 11.2. The lowest BCUT2D eigenvalue weighted by Crippen LogP contribution is -2.16. The highest BCUT2D eigenvalue weighted by atomic mass is 16.4. The minimum atomic E-state index is -0.240. The molecule has 0 heterocycles. The number of aryl methyl sites for hydroxylation is 1. The fourth-order valence-electron chi connectivity index (χ4n) is 1.95. The largest absolute Gasteiger partial charge is 0.409 e. The molecule has 0 spiro atoms. The van der Waals surface area contributed by atoms with Gasteiger partial charge in [-0.05, 0) is 36.2 Å². The molecule has 0 aliphatic carbocycles. The van der Waals surface area contributed by atoms with Crippen molar-refractivity contribution in [3.63, 3.8) is 0 Å². The van der Waals surface area contributed by atoms with Gasteiger partial charge in [0.05, 0.1) is 0 Å². The molecule has 4 N–H and O–H groups in total. The lowest BCUT2D eigenvalue weighted by Gasteiger charge is -2.08. The van der Waals surface area contributed by atoms with Gasteiger partial charge < -0.3 is 16.3 Å². The number of nitrogens with zero attached hydrogens (tertiary/aromatic N) is 1. The topological polar surface area (TPSA) is 87.7 Å². The van der Waals surface area contributed by atoms with Crippen molar-refractivity contribution in [2.24, 2.45) is 10.9 Å². The van der Waals surface area contributed by atoms with Gasteiger partial charge in [-0.3, -0.25) is 4.79 Å². The van der Waals surface area contributed by atoms with Crippen molar-refractivity contribution in [2.45, 2.75) is 13.3 Å². The van der Waals surface area contributed by atoms with Crippen molar-refractivity contribution < 1.29 is 10.0 Å². The molecule has 0 bridgehead atoms. The van der Waals surface area contributed by atoms with E-state index in [0.29, 0.717) is 11.1 Å². The summed E-state index contributed by atoms with van der Waals surface area (Å²) >= 11 is 0. The molecule has 108 valence electrons. The molecule has 5 nitrogen and oxygen atoms in total. The Bertz CT molecular complexity index is 681. The summed E-state index contributed by atoms with van der Waals surface area (Å²) in [5, 5.41) is 14.4. The van der Waals surface area contributed by atoms with Gasteiger partial charge in [0.25, 0.3) is 5.91 Å². The van der Waals surface area contributed by atoms with Gasteiger partial charge in [-0.2, -0.15) is 0 Å². The van der Waals surface area contributed by atoms with Gasteiger partial charge in [0.15, 0.2) is 5.84 Å². The second-order valence-corrected chi connectivity index (χ2v) is 4.57. The maximum Gasteiger partial charge on any atom is 0.255 e. The summed E-state index contributed by atoms with van der Waals surface area (Å²) in [6.07, 6.45) is 0.905. The number of carbonyl (C=O) groups is 1. The first-order valence-electron chi connectivity index (χ1n) is 6.62. The van der Waals surface area contributed by atoms with E-state index in [2.05, 4.69) is 17.4 Å². The number of benzene rings is 2. The van der Waals surface area contributed by atoms with Gasteiger partial charge in [-0.15, -0.1) is 0 Å². The van der Waals surface area contributed by atoms with E-state index in [9.17, 15) is 4.79 Å². The fraction of sp³-hybridized carbons (Fsp3) is 0.125. The highest BCUT2D eigenvalue weighted by Gasteiger charge is 2.08. The van der Waals surface area contributed by atoms with Crippen molar-refractivity contribution >= 4 is 17.4 Å². The third-order valence-electron chi connectivity index (χ3n) is 3.12. The minimum Gasteiger partial charge on any atom is -0.409 e. The van der Waals surface area contributed by atoms with Crippen LogP contribution < -0.4 is 11.1 Å². The van der Waals surface area contributed by atoms with Crippen LogP contribution in [0.3, 0.4) is 0 Å². The first-order valence-corrected chi connectivity index (χ1v) is 6.62. The van der Waals surface area contributed by atoms with E-state index in [1.165, 1.54) is 0 Å². The van der Waals surface area contributed by atoms with Crippen LogP contribution in [0.4, 0.5) is 5.69 Å². The van der Waals surface area contributed by atoms with Crippen LogP contribution in [-0.4, -0.2) is 17.0 Å². The number of carbonyl (C=O) groups excluding carboxylic acids is 1.